The van der Waals surface area contributed by atoms with Crippen molar-refractivity contribution in [3.8, 4) is 5.75 Å². The predicted molar refractivity (Wildman–Crippen MR) is 95.2 cm³/mol. The molecule has 4 heteroatoms. The van der Waals surface area contributed by atoms with Crippen LogP contribution in [-0.4, -0.2) is 48.0 Å². The number of rotatable bonds is 6. The van der Waals surface area contributed by atoms with Crippen molar-refractivity contribution >= 4 is 0 Å². The number of ether oxygens (including phenoxy) is 2. The van der Waals surface area contributed by atoms with Crippen LogP contribution in [0.5, 0.6) is 5.75 Å². The van der Waals surface area contributed by atoms with E-state index in [-0.39, 0.29) is 23.7 Å². The first-order valence-electron chi connectivity index (χ1n) is 9.31. The van der Waals surface area contributed by atoms with Crippen molar-refractivity contribution in [2.45, 2.75) is 64.9 Å². The third-order valence-electron chi connectivity index (χ3n) is 5.57. The van der Waals surface area contributed by atoms with Crippen LogP contribution in [0.2, 0.25) is 0 Å². The number of benzene rings is 1. The van der Waals surface area contributed by atoms with E-state index >= 15 is 0 Å². The SMILES string of the molecule is CCOC1CC(O)C12CCN(Cc1cccc(OC(C)C)c1)CC2. The molecule has 24 heavy (non-hydrogen) atoms. The van der Waals surface area contributed by atoms with Crippen molar-refractivity contribution in [2.24, 2.45) is 5.41 Å². The second-order valence-electron chi connectivity index (χ2n) is 7.52. The summed E-state index contributed by atoms with van der Waals surface area (Å²) in [6.45, 7) is 9.88. The number of nitrogens with zero attached hydrogens (tertiary/aromatic N) is 1. The summed E-state index contributed by atoms with van der Waals surface area (Å²) in [5.41, 5.74) is 1.30. The highest BCUT2D eigenvalue weighted by atomic mass is 16.5. The zero-order chi connectivity index (χ0) is 17.2. The predicted octanol–water partition coefficient (Wildman–Crippen LogP) is 3.23. The smallest absolute Gasteiger partial charge is 0.120 e. The number of hydrogen-bond acceptors (Lipinski definition) is 4. The van der Waals surface area contributed by atoms with E-state index in [0.29, 0.717) is 0 Å². The fourth-order valence-electron chi connectivity index (χ4n) is 4.19. The summed E-state index contributed by atoms with van der Waals surface area (Å²) in [5, 5.41) is 10.3. The Balaban J connectivity index is 1.56. The Hall–Kier alpha value is -1.10. The normalized spacial score (nSPS) is 26.5. The van der Waals surface area contributed by atoms with Gasteiger partial charge in [-0.25, -0.2) is 0 Å². The van der Waals surface area contributed by atoms with Crippen molar-refractivity contribution < 1.29 is 14.6 Å². The summed E-state index contributed by atoms with van der Waals surface area (Å²) in [4.78, 5) is 2.48. The topological polar surface area (TPSA) is 41.9 Å². The van der Waals surface area contributed by atoms with Gasteiger partial charge in [-0.2, -0.15) is 0 Å². The highest BCUT2D eigenvalue weighted by molar-refractivity contribution is 5.28. The lowest BCUT2D eigenvalue weighted by Crippen LogP contribution is -2.62. The van der Waals surface area contributed by atoms with Crippen molar-refractivity contribution in [3.05, 3.63) is 29.8 Å². The van der Waals surface area contributed by atoms with Gasteiger partial charge in [0.1, 0.15) is 5.75 Å². The molecule has 134 valence electrons. The minimum atomic E-state index is -0.182. The molecule has 1 aliphatic carbocycles. The zero-order valence-corrected chi connectivity index (χ0v) is 15.2. The molecule has 4 nitrogen and oxygen atoms in total. The average Bonchev–Trinajstić information content (AvgIpc) is 2.55. The molecule has 1 saturated heterocycles. The summed E-state index contributed by atoms with van der Waals surface area (Å²) in [5.74, 6) is 0.946. The lowest BCUT2D eigenvalue weighted by Gasteiger charge is -2.56. The summed E-state index contributed by atoms with van der Waals surface area (Å²) in [7, 11) is 0. The van der Waals surface area contributed by atoms with E-state index in [1.165, 1.54) is 5.56 Å². The van der Waals surface area contributed by atoms with Crippen LogP contribution in [-0.2, 0) is 11.3 Å². The maximum atomic E-state index is 10.3. The van der Waals surface area contributed by atoms with Gasteiger partial charge in [0.05, 0.1) is 18.3 Å². The maximum Gasteiger partial charge on any atom is 0.120 e. The summed E-state index contributed by atoms with van der Waals surface area (Å²) >= 11 is 0. The van der Waals surface area contributed by atoms with Gasteiger partial charge in [-0.05, 0) is 64.4 Å². The van der Waals surface area contributed by atoms with Gasteiger partial charge in [0.25, 0.3) is 0 Å². The van der Waals surface area contributed by atoms with Gasteiger partial charge in [0.2, 0.25) is 0 Å². The zero-order valence-electron chi connectivity index (χ0n) is 15.2. The fourth-order valence-corrected chi connectivity index (χ4v) is 4.19. The molecule has 2 fully saturated rings. The first-order valence-corrected chi connectivity index (χ1v) is 9.31. The van der Waals surface area contributed by atoms with Gasteiger partial charge >= 0.3 is 0 Å². The monoisotopic (exact) mass is 333 g/mol. The van der Waals surface area contributed by atoms with Crippen LogP contribution in [0.4, 0.5) is 0 Å². The quantitative estimate of drug-likeness (QED) is 0.868. The first kappa shape index (κ1) is 17.7. The molecular formula is C20H31NO3. The molecule has 0 bridgehead atoms. The number of aliphatic hydroxyl groups excluding tert-OH is 1. The van der Waals surface area contributed by atoms with E-state index in [1.54, 1.807) is 0 Å². The molecule has 3 rings (SSSR count). The molecule has 1 aliphatic heterocycles. The molecule has 2 atom stereocenters. The molecule has 1 saturated carbocycles. The number of hydrogen-bond donors (Lipinski definition) is 1. The lowest BCUT2D eigenvalue weighted by atomic mass is 9.58. The van der Waals surface area contributed by atoms with Crippen LogP contribution in [0.25, 0.3) is 0 Å². The Morgan fingerprint density at radius 3 is 2.67 bits per heavy atom. The third kappa shape index (κ3) is 3.61. The summed E-state index contributed by atoms with van der Waals surface area (Å²) in [6.07, 6.45) is 3.14. The average molecular weight is 333 g/mol. The van der Waals surface area contributed by atoms with Gasteiger partial charge in [-0.15, -0.1) is 0 Å². The Morgan fingerprint density at radius 2 is 2.04 bits per heavy atom. The molecule has 1 aromatic rings. The van der Waals surface area contributed by atoms with E-state index in [2.05, 4.69) is 36.9 Å². The van der Waals surface area contributed by atoms with E-state index in [1.807, 2.05) is 13.0 Å². The number of aliphatic hydroxyl groups is 1. The van der Waals surface area contributed by atoms with Crippen molar-refractivity contribution in [2.75, 3.05) is 19.7 Å². The van der Waals surface area contributed by atoms with Crippen LogP contribution in [0, 0.1) is 5.41 Å². The van der Waals surface area contributed by atoms with Crippen LogP contribution in [0.1, 0.15) is 45.6 Å². The Bertz CT molecular complexity index is 535. The van der Waals surface area contributed by atoms with Gasteiger partial charge in [-0.1, -0.05) is 12.1 Å². The molecule has 0 radical (unpaired) electrons. The largest absolute Gasteiger partial charge is 0.491 e. The summed E-state index contributed by atoms with van der Waals surface area (Å²) < 4.78 is 11.6. The van der Waals surface area contributed by atoms with E-state index in [0.717, 1.165) is 51.3 Å². The van der Waals surface area contributed by atoms with Crippen molar-refractivity contribution in [3.63, 3.8) is 0 Å². The third-order valence-corrected chi connectivity index (χ3v) is 5.57. The lowest BCUT2D eigenvalue weighted by molar-refractivity contribution is -0.209. The molecule has 0 amide bonds. The molecule has 1 spiro atoms. The Kier molecular flexibility index (Phi) is 5.48. The highest BCUT2D eigenvalue weighted by Crippen LogP contribution is 2.51. The van der Waals surface area contributed by atoms with Crippen molar-refractivity contribution in [1.29, 1.82) is 0 Å². The van der Waals surface area contributed by atoms with Crippen LogP contribution in [0.3, 0.4) is 0 Å². The molecule has 1 N–H and O–H groups in total. The molecule has 1 aromatic carbocycles. The molecule has 2 unspecified atom stereocenters. The second-order valence-corrected chi connectivity index (χ2v) is 7.52. The van der Waals surface area contributed by atoms with E-state index in [9.17, 15) is 5.11 Å². The van der Waals surface area contributed by atoms with Crippen LogP contribution in [0.15, 0.2) is 24.3 Å². The molecule has 0 aromatic heterocycles. The minimum Gasteiger partial charge on any atom is -0.491 e. The number of piperidine rings is 1. The van der Waals surface area contributed by atoms with E-state index in [4.69, 9.17) is 9.47 Å². The summed E-state index contributed by atoms with van der Waals surface area (Å²) in [6, 6.07) is 8.40. The molecule has 1 heterocycles. The van der Waals surface area contributed by atoms with Crippen molar-refractivity contribution in [1.82, 2.24) is 4.90 Å². The minimum absolute atomic E-state index is 0.00904. The van der Waals surface area contributed by atoms with Crippen LogP contribution < -0.4 is 4.74 Å². The first-order chi connectivity index (χ1) is 11.5. The Labute approximate surface area is 145 Å². The van der Waals surface area contributed by atoms with Gasteiger partial charge in [0.15, 0.2) is 0 Å². The van der Waals surface area contributed by atoms with E-state index < -0.39 is 0 Å². The fraction of sp³-hybridized carbons (Fsp3) is 0.700. The maximum absolute atomic E-state index is 10.3. The van der Waals surface area contributed by atoms with Gasteiger partial charge in [-0.3, -0.25) is 4.90 Å². The molecule has 2 aliphatic rings. The van der Waals surface area contributed by atoms with Crippen LogP contribution >= 0.6 is 0 Å². The number of likely N-dealkylation sites (tertiary alicyclic amines) is 1. The molecular weight excluding hydrogens is 302 g/mol. The van der Waals surface area contributed by atoms with Gasteiger partial charge < -0.3 is 14.6 Å². The standard InChI is InChI=1S/C20H31NO3/c1-4-23-19-13-18(22)20(19)8-10-21(11-9-20)14-16-6-5-7-17(12-16)24-15(2)3/h5-7,12,15,18-19,22H,4,8-11,13-14H2,1-3H3. The van der Waals surface area contributed by atoms with Gasteiger partial charge in [0, 0.05) is 25.0 Å². The second kappa shape index (κ2) is 7.42. The Morgan fingerprint density at radius 1 is 1.29 bits per heavy atom. The highest BCUT2D eigenvalue weighted by Gasteiger charge is 2.55.